The molecule has 0 saturated heterocycles. The maximum absolute atomic E-state index is 13.8. The van der Waals surface area contributed by atoms with Crippen molar-refractivity contribution in [2.75, 3.05) is 0 Å². The summed E-state index contributed by atoms with van der Waals surface area (Å²) >= 11 is 0. The van der Waals surface area contributed by atoms with Crippen molar-refractivity contribution in [3.8, 4) is 0 Å². The molecule has 190 valence electrons. The smallest absolute Gasteiger partial charge is 0.381 e. The third-order valence-electron chi connectivity index (χ3n) is 5.83. The zero-order valence-corrected chi connectivity index (χ0v) is 19.6. The molecule has 3 rings (SSSR count). The number of hydrogen-bond acceptors (Lipinski definition) is 5. The van der Waals surface area contributed by atoms with Gasteiger partial charge in [0.15, 0.2) is 5.78 Å². The lowest BCUT2D eigenvalue weighted by Gasteiger charge is -2.23. The van der Waals surface area contributed by atoms with Crippen LogP contribution in [-0.2, 0) is 22.3 Å². The van der Waals surface area contributed by atoms with E-state index in [1.54, 1.807) is 25.1 Å². The molecule has 2 amide bonds. The van der Waals surface area contributed by atoms with E-state index in [1.807, 2.05) is 0 Å². The lowest BCUT2D eigenvalue weighted by Crippen LogP contribution is -2.44. The van der Waals surface area contributed by atoms with Crippen molar-refractivity contribution in [2.24, 2.45) is 0 Å². The van der Waals surface area contributed by atoms with Gasteiger partial charge in [-0.05, 0) is 55.2 Å². The number of carbonyl (C=O) groups excluding carboxylic acids is 4. The van der Waals surface area contributed by atoms with Gasteiger partial charge in [0.25, 0.3) is 11.8 Å². The van der Waals surface area contributed by atoms with Gasteiger partial charge < -0.3 is 10.1 Å². The van der Waals surface area contributed by atoms with Crippen molar-refractivity contribution in [1.29, 1.82) is 0 Å². The van der Waals surface area contributed by atoms with Gasteiger partial charge >= 0.3 is 6.18 Å². The lowest BCUT2D eigenvalue weighted by molar-refractivity contribution is -0.140. The number of nitrogens with one attached hydrogen (secondary N) is 1. The first kappa shape index (κ1) is 26.8. The number of nitrogens with zero attached hydrogens (tertiary/aromatic N) is 1. The van der Waals surface area contributed by atoms with Crippen LogP contribution in [0.3, 0.4) is 0 Å². The quantitative estimate of drug-likeness (QED) is 0.282. The van der Waals surface area contributed by atoms with E-state index in [9.17, 15) is 36.7 Å². The third-order valence-corrected chi connectivity index (χ3v) is 5.83. The molecular formula is C26H24F4N2O4. The summed E-state index contributed by atoms with van der Waals surface area (Å²) in [4.78, 5) is 50.0. The second-order valence-corrected chi connectivity index (χ2v) is 8.26. The number of carbonyl (C=O) groups is 4. The number of halogens is 4. The van der Waals surface area contributed by atoms with E-state index in [0.717, 1.165) is 11.0 Å². The maximum Gasteiger partial charge on any atom is 0.419 e. The van der Waals surface area contributed by atoms with Crippen molar-refractivity contribution < 1.29 is 36.7 Å². The first-order valence-electron chi connectivity index (χ1n) is 11.3. The average Bonchev–Trinajstić information content (AvgIpc) is 3.07. The van der Waals surface area contributed by atoms with Gasteiger partial charge in [-0.2, -0.15) is 13.2 Å². The molecule has 2 aromatic rings. The highest BCUT2D eigenvalue weighted by Gasteiger charge is 2.42. The minimum Gasteiger partial charge on any atom is -0.381 e. The van der Waals surface area contributed by atoms with Gasteiger partial charge in [0.05, 0.1) is 22.7 Å². The Morgan fingerprint density at radius 2 is 1.86 bits per heavy atom. The number of benzene rings is 2. The number of fused-ring (bicyclic) bond motifs is 1. The molecule has 1 aliphatic rings. The molecule has 1 aliphatic heterocycles. The largest absolute Gasteiger partial charge is 0.419 e. The molecule has 0 radical (unpaired) electrons. The SMILES string of the molecule is CCC=C(NCc1cccc2c1C(=O)N(C(CCC=O)C(C)=O)C2=O)c1ccc(F)c(C(F)(F)F)c1. The fourth-order valence-electron chi connectivity index (χ4n) is 4.14. The van der Waals surface area contributed by atoms with Crippen molar-refractivity contribution in [2.45, 2.75) is 51.9 Å². The summed E-state index contributed by atoms with van der Waals surface area (Å²) in [6, 6.07) is 6.18. The zero-order valence-electron chi connectivity index (χ0n) is 19.6. The second-order valence-electron chi connectivity index (χ2n) is 8.26. The first-order valence-corrected chi connectivity index (χ1v) is 11.3. The van der Waals surface area contributed by atoms with E-state index in [-0.39, 0.29) is 36.1 Å². The normalized spacial score (nSPS) is 14.6. The molecule has 36 heavy (non-hydrogen) atoms. The standard InChI is InChI=1S/C26H24F4N2O4/c1-3-6-21(16-10-11-20(27)19(13-16)26(28,29)30)31-14-17-7-4-8-18-23(17)25(36)32(24(18)35)22(15(2)34)9-5-12-33/h4,6-8,10-13,22,31H,3,5,9,14H2,1-2H3. The molecule has 1 N–H and O–H groups in total. The van der Waals surface area contributed by atoms with Gasteiger partial charge in [-0.15, -0.1) is 0 Å². The second kappa shape index (κ2) is 10.8. The number of rotatable bonds is 10. The fourth-order valence-corrected chi connectivity index (χ4v) is 4.14. The molecule has 1 heterocycles. The zero-order chi connectivity index (χ0) is 26.6. The minimum absolute atomic E-state index is 0.00514. The van der Waals surface area contributed by atoms with Crippen molar-refractivity contribution in [3.05, 3.63) is 76.1 Å². The monoisotopic (exact) mass is 504 g/mol. The Bertz CT molecular complexity index is 1240. The molecule has 0 fully saturated rings. The molecule has 0 spiro atoms. The average molecular weight is 504 g/mol. The van der Waals surface area contributed by atoms with Gasteiger partial charge in [-0.25, -0.2) is 4.39 Å². The van der Waals surface area contributed by atoms with Gasteiger partial charge in [0.1, 0.15) is 12.1 Å². The Balaban J connectivity index is 1.92. The Kier molecular flexibility index (Phi) is 8.07. The van der Waals surface area contributed by atoms with E-state index >= 15 is 0 Å². The summed E-state index contributed by atoms with van der Waals surface area (Å²) in [5, 5.41) is 2.99. The summed E-state index contributed by atoms with van der Waals surface area (Å²) in [6.45, 7) is 2.98. The molecule has 0 saturated carbocycles. The van der Waals surface area contributed by atoms with E-state index in [4.69, 9.17) is 0 Å². The topological polar surface area (TPSA) is 83.6 Å². The molecule has 1 unspecified atom stereocenters. The molecular weight excluding hydrogens is 480 g/mol. The van der Waals surface area contributed by atoms with Crippen molar-refractivity contribution in [1.82, 2.24) is 10.2 Å². The van der Waals surface area contributed by atoms with E-state index in [2.05, 4.69) is 5.32 Å². The van der Waals surface area contributed by atoms with Crippen LogP contribution in [-0.4, -0.2) is 34.8 Å². The molecule has 6 nitrogen and oxygen atoms in total. The molecule has 0 aromatic heterocycles. The predicted molar refractivity (Wildman–Crippen MR) is 123 cm³/mol. The Morgan fingerprint density at radius 3 is 2.47 bits per heavy atom. The van der Waals surface area contributed by atoms with Crippen LogP contribution in [0.15, 0.2) is 42.5 Å². The summed E-state index contributed by atoms with van der Waals surface area (Å²) < 4.78 is 53.3. The number of amides is 2. The Hall–Kier alpha value is -3.82. The number of ketones is 1. The summed E-state index contributed by atoms with van der Waals surface area (Å²) in [6.07, 6.45) is -2.19. The molecule has 0 bridgehead atoms. The fraction of sp³-hybridized carbons (Fsp3) is 0.308. The molecule has 0 aliphatic carbocycles. The van der Waals surface area contributed by atoms with Crippen LogP contribution in [0.5, 0.6) is 0 Å². The molecule has 2 aromatic carbocycles. The Labute approximate surface area is 205 Å². The number of Topliss-reactive ketones (excluding diaryl/α,β-unsaturated/α-hetero) is 1. The van der Waals surface area contributed by atoms with Crippen LogP contribution >= 0.6 is 0 Å². The number of aldehydes is 1. The summed E-state index contributed by atoms with van der Waals surface area (Å²) in [7, 11) is 0. The highest BCUT2D eigenvalue weighted by molar-refractivity contribution is 6.23. The van der Waals surface area contributed by atoms with E-state index in [1.165, 1.54) is 19.1 Å². The predicted octanol–water partition coefficient (Wildman–Crippen LogP) is 4.92. The lowest BCUT2D eigenvalue weighted by atomic mass is 10.0. The molecule has 1 atom stereocenters. The minimum atomic E-state index is -4.87. The van der Waals surface area contributed by atoms with Crippen LogP contribution in [0.2, 0.25) is 0 Å². The number of hydrogen-bond donors (Lipinski definition) is 1. The van der Waals surface area contributed by atoms with Gasteiger partial charge in [-0.1, -0.05) is 25.1 Å². The van der Waals surface area contributed by atoms with Crippen LogP contribution in [0, 0.1) is 5.82 Å². The van der Waals surface area contributed by atoms with Gasteiger partial charge in [-0.3, -0.25) is 19.3 Å². The maximum atomic E-state index is 13.8. The van der Waals surface area contributed by atoms with Crippen LogP contribution in [0.25, 0.3) is 5.70 Å². The van der Waals surface area contributed by atoms with E-state index < -0.39 is 41.2 Å². The van der Waals surface area contributed by atoms with Crippen LogP contribution in [0.1, 0.15) is 70.5 Å². The van der Waals surface area contributed by atoms with E-state index in [0.29, 0.717) is 30.0 Å². The number of imide groups is 1. The van der Waals surface area contributed by atoms with Gasteiger partial charge in [0, 0.05) is 18.7 Å². The van der Waals surface area contributed by atoms with Crippen molar-refractivity contribution >= 4 is 29.6 Å². The number of alkyl halides is 3. The molecule has 10 heteroatoms. The highest BCUT2D eigenvalue weighted by atomic mass is 19.4. The van der Waals surface area contributed by atoms with Crippen LogP contribution < -0.4 is 5.32 Å². The Morgan fingerprint density at radius 1 is 1.14 bits per heavy atom. The third kappa shape index (κ3) is 5.37. The first-order chi connectivity index (χ1) is 17.0. The summed E-state index contributed by atoms with van der Waals surface area (Å²) in [5.41, 5.74) is -0.427. The summed E-state index contributed by atoms with van der Waals surface area (Å²) in [5.74, 6) is -3.15. The van der Waals surface area contributed by atoms with Gasteiger partial charge in [0.2, 0.25) is 0 Å². The van der Waals surface area contributed by atoms with Crippen LogP contribution in [0.4, 0.5) is 17.6 Å². The highest BCUT2D eigenvalue weighted by Crippen LogP contribution is 2.33. The number of allylic oxidation sites excluding steroid dienone is 1. The van der Waals surface area contributed by atoms with Crippen molar-refractivity contribution in [3.63, 3.8) is 0 Å².